The lowest BCUT2D eigenvalue weighted by atomic mass is 9.82. The number of aliphatic carboxylic acids is 1. The summed E-state index contributed by atoms with van der Waals surface area (Å²) in [5.74, 6) is -0.792. The fraction of sp³-hybridized carbons (Fsp3) is 0.857. The molecule has 1 amide bonds. The fourth-order valence-corrected chi connectivity index (χ4v) is 3.32. The molecule has 0 heterocycles. The van der Waals surface area contributed by atoms with Gasteiger partial charge in [-0.1, -0.05) is 26.7 Å². The Labute approximate surface area is 127 Å². The molecule has 118 valence electrons. The van der Waals surface area contributed by atoms with Crippen LogP contribution in [-0.4, -0.2) is 29.1 Å². The van der Waals surface area contributed by atoms with Gasteiger partial charge in [0.1, 0.15) is 0 Å². The predicted octanol–water partition coefficient (Wildman–Crippen LogP) is 1.79. The molecule has 1 saturated carbocycles. The second-order valence-electron chi connectivity index (χ2n) is 5.64. The first-order valence-corrected chi connectivity index (χ1v) is 7.16. The van der Waals surface area contributed by atoms with Crippen LogP contribution < -0.4 is 11.1 Å². The summed E-state index contributed by atoms with van der Waals surface area (Å²) >= 11 is 0. The van der Waals surface area contributed by atoms with Gasteiger partial charge >= 0.3 is 5.97 Å². The summed E-state index contributed by atoms with van der Waals surface area (Å²) < 4.78 is 0. The van der Waals surface area contributed by atoms with Crippen molar-refractivity contribution in [2.75, 3.05) is 0 Å². The summed E-state index contributed by atoms with van der Waals surface area (Å²) in [6.45, 7) is 5.70. The van der Waals surface area contributed by atoms with Crippen LogP contribution >= 0.6 is 12.4 Å². The number of halogens is 1. The van der Waals surface area contributed by atoms with Gasteiger partial charge in [-0.25, -0.2) is 0 Å². The topological polar surface area (TPSA) is 92.4 Å². The number of nitrogens with two attached hydrogens (primary N) is 1. The molecule has 1 fully saturated rings. The molecule has 0 saturated heterocycles. The first-order valence-electron chi connectivity index (χ1n) is 7.16. The molecular formula is C14H27ClN2O3. The molecule has 5 nitrogen and oxygen atoms in total. The van der Waals surface area contributed by atoms with Crippen molar-refractivity contribution in [2.45, 2.75) is 58.5 Å². The molecule has 1 aliphatic rings. The van der Waals surface area contributed by atoms with E-state index in [1.165, 1.54) is 6.92 Å². The smallest absolute Gasteiger partial charge is 0.306 e. The molecule has 0 aliphatic heterocycles. The van der Waals surface area contributed by atoms with Crippen LogP contribution in [0.25, 0.3) is 0 Å². The molecule has 0 radical (unpaired) electrons. The van der Waals surface area contributed by atoms with E-state index in [-0.39, 0.29) is 42.2 Å². The summed E-state index contributed by atoms with van der Waals surface area (Å²) in [5.41, 5.74) is 6.12. The molecule has 4 N–H and O–H groups in total. The normalized spacial score (nSPS) is 26.9. The van der Waals surface area contributed by atoms with Crippen LogP contribution in [0.3, 0.4) is 0 Å². The number of hydrogen-bond donors (Lipinski definition) is 3. The average molecular weight is 307 g/mol. The van der Waals surface area contributed by atoms with Crippen LogP contribution in [0, 0.1) is 17.8 Å². The lowest BCUT2D eigenvalue weighted by Crippen LogP contribution is -2.48. The van der Waals surface area contributed by atoms with Gasteiger partial charge < -0.3 is 16.2 Å². The average Bonchev–Trinajstić information content (AvgIpc) is 2.71. The van der Waals surface area contributed by atoms with Crippen LogP contribution in [0.4, 0.5) is 0 Å². The summed E-state index contributed by atoms with van der Waals surface area (Å²) in [4.78, 5) is 22.5. The van der Waals surface area contributed by atoms with Crippen molar-refractivity contribution in [3.8, 4) is 0 Å². The Hall–Kier alpha value is -0.810. The minimum atomic E-state index is -0.774. The number of hydrogen-bond acceptors (Lipinski definition) is 3. The predicted molar refractivity (Wildman–Crippen MR) is 80.7 cm³/mol. The zero-order valence-corrected chi connectivity index (χ0v) is 13.3. The maximum absolute atomic E-state index is 11.4. The molecule has 0 spiro atoms. The van der Waals surface area contributed by atoms with Crippen LogP contribution in [0.15, 0.2) is 0 Å². The molecule has 6 heteroatoms. The number of carbonyl (C=O) groups excluding carboxylic acids is 1. The quantitative estimate of drug-likeness (QED) is 0.697. The minimum Gasteiger partial charge on any atom is -0.481 e. The fourth-order valence-electron chi connectivity index (χ4n) is 3.32. The summed E-state index contributed by atoms with van der Waals surface area (Å²) in [6.07, 6.45) is 3.00. The molecule has 1 rings (SSSR count). The van der Waals surface area contributed by atoms with E-state index in [9.17, 15) is 9.59 Å². The van der Waals surface area contributed by atoms with Crippen LogP contribution in [0.5, 0.6) is 0 Å². The first kappa shape index (κ1) is 19.2. The highest BCUT2D eigenvalue weighted by Gasteiger charge is 2.42. The zero-order valence-electron chi connectivity index (χ0n) is 12.5. The highest BCUT2D eigenvalue weighted by Crippen LogP contribution is 2.36. The van der Waals surface area contributed by atoms with E-state index in [0.717, 1.165) is 12.8 Å². The lowest BCUT2D eigenvalue weighted by molar-refractivity contribution is -0.141. The van der Waals surface area contributed by atoms with Crippen molar-refractivity contribution in [3.05, 3.63) is 0 Å². The van der Waals surface area contributed by atoms with Gasteiger partial charge in [-0.05, 0) is 24.7 Å². The number of carboxylic acid groups (broad SMARTS) is 1. The molecule has 0 aromatic rings. The minimum absolute atomic E-state index is 0. The zero-order chi connectivity index (χ0) is 14.6. The van der Waals surface area contributed by atoms with Crippen molar-refractivity contribution in [3.63, 3.8) is 0 Å². The molecule has 4 atom stereocenters. The lowest BCUT2D eigenvalue weighted by Gasteiger charge is -2.33. The Balaban J connectivity index is 0.00000361. The molecule has 4 unspecified atom stereocenters. The third kappa shape index (κ3) is 4.63. The third-order valence-corrected chi connectivity index (χ3v) is 4.40. The third-order valence-electron chi connectivity index (χ3n) is 4.40. The van der Waals surface area contributed by atoms with Crippen LogP contribution in [0.1, 0.15) is 46.5 Å². The van der Waals surface area contributed by atoms with E-state index in [1.807, 2.05) is 0 Å². The van der Waals surface area contributed by atoms with Gasteiger partial charge in [0.2, 0.25) is 5.91 Å². The van der Waals surface area contributed by atoms with Gasteiger partial charge in [-0.3, -0.25) is 9.59 Å². The van der Waals surface area contributed by atoms with Crippen molar-refractivity contribution in [1.82, 2.24) is 5.32 Å². The largest absolute Gasteiger partial charge is 0.481 e. The molecular weight excluding hydrogens is 280 g/mol. The van der Waals surface area contributed by atoms with Gasteiger partial charge in [-0.15, -0.1) is 12.4 Å². The molecule has 0 bridgehead atoms. The number of rotatable bonds is 6. The monoisotopic (exact) mass is 306 g/mol. The van der Waals surface area contributed by atoms with Crippen molar-refractivity contribution >= 4 is 24.3 Å². The highest BCUT2D eigenvalue weighted by atomic mass is 35.5. The van der Waals surface area contributed by atoms with Crippen LogP contribution in [0.2, 0.25) is 0 Å². The van der Waals surface area contributed by atoms with Crippen molar-refractivity contribution in [2.24, 2.45) is 23.5 Å². The molecule has 20 heavy (non-hydrogen) atoms. The Kier molecular flexibility index (Phi) is 8.13. The van der Waals surface area contributed by atoms with E-state index in [0.29, 0.717) is 18.8 Å². The highest BCUT2D eigenvalue weighted by molar-refractivity contribution is 5.85. The summed E-state index contributed by atoms with van der Waals surface area (Å²) in [7, 11) is 0. The number of amides is 1. The maximum Gasteiger partial charge on any atom is 0.306 e. The standard InChI is InChI=1S/C14H26N2O3.ClH/c1-4-9(5-2)13(16-8(3)17)11-6-10(14(18)19)7-12(11)15;/h9-13H,4-7,15H2,1-3H3,(H,16,17)(H,18,19);1H. The maximum atomic E-state index is 11.4. The molecule has 0 aromatic heterocycles. The van der Waals surface area contributed by atoms with Gasteiger partial charge in [-0.2, -0.15) is 0 Å². The SMILES string of the molecule is CCC(CC)C(NC(C)=O)C1CC(C(=O)O)CC1N.Cl. The summed E-state index contributed by atoms with van der Waals surface area (Å²) in [5, 5.41) is 12.1. The Morgan fingerprint density at radius 3 is 2.20 bits per heavy atom. The Morgan fingerprint density at radius 2 is 1.85 bits per heavy atom. The number of carboxylic acids is 1. The first-order chi connectivity index (χ1) is 8.90. The number of nitrogens with one attached hydrogen (secondary N) is 1. The van der Waals surface area contributed by atoms with Gasteiger partial charge in [0.25, 0.3) is 0 Å². The van der Waals surface area contributed by atoms with E-state index in [1.54, 1.807) is 0 Å². The van der Waals surface area contributed by atoms with Crippen LogP contribution in [-0.2, 0) is 9.59 Å². The van der Waals surface area contributed by atoms with E-state index >= 15 is 0 Å². The second kappa shape index (κ2) is 8.47. The van der Waals surface area contributed by atoms with Gasteiger partial charge in [0.15, 0.2) is 0 Å². The Bertz CT molecular complexity index is 334. The second-order valence-corrected chi connectivity index (χ2v) is 5.64. The number of carbonyl (C=O) groups is 2. The Morgan fingerprint density at radius 1 is 1.30 bits per heavy atom. The molecule has 0 aromatic carbocycles. The van der Waals surface area contributed by atoms with Crippen molar-refractivity contribution in [1.29, 1.82) is 0 Å². The van der Waals surface area contributed by atoms with E-state index < -0.39 is 5.97 Å². The van der Waals surface area contributed by atoms with Gasteiger partial charge in [0.05, 0.1) is 5.92 Å². The summed E-state index contributed by atoms with van der Waals surface area (Å²) in [6, 6.07) is -0.148. The van der Waals surface area contributed by atoms with Gasteiger partial charge in [0, 0.05) is 19.0 Å². The van der Waals surface area contributed by atoms with Crippen molar-refractivity contribution < 1.29 is 14.7 Å². The van der Waals surface area contributed by atoms with E-state index in [2.05, 4.69) is 19.2 Å². The van der Waals surface area contributed by atoms with E-state index in [4.69, 9.17) is 10.8 Å². The molecule has 1 aliphatic carbocycles.